The number of nitrogens with zero attached hydrogens (tertiary/aromatic N) is 3. The van der Waals surface area contributed by atoms with Crippen LogP contribution in [-0.2, 0) is 29.1 Å². The number of nitrogens with one attached hydrogen (secondary N) is 3. The van der Waals surface area contributed by atoms with E-state index in [4.69, 9.17) is 19.4 Å². The van der Waals surface area contributed by atoms with Gasteiger partial charge in [-0.05, 0) is 61.1 Å². The molecule has 5 atom stereocenters. The summed E-state index contributed by atoms with van der Waals surface area (Å²) in [7, 11) is -3.92. The minimum absolute atomic E-state index is 0.0304. The van der Waals surface area contributed by atoms with Gasteiger partial charge in [0.25, 0.3) is 5.91 Å². The molecule has 6 rings (SSSR count). The van der Waals surface area contributed by atoms with Crippen molar-refractivity contribution in [3.8, 4) is 16.5 Å². The lowest BCUT2D eigenvalue weighted by molar-refractivity contribution is -0.142. The fraction of sp³-hybridized carbons (Fsp3) is 0.514. The van der Waals surface area contributed by atoms with Crippen LogP contribution in [0, 0.1) is 11.3 Å². The van der Waals surface area contributed by atoms with Crippen molar-refractivity contribution < 1.29 is 41.5 Å². The molecule has 0 radical (unpaired) electrons. The standard InChI is InChI=1S/C37H45FN6O8S2/c1-5-22-20-37(22,34(47)43-54(49,50)24-14-15-24)42-31(45)27-19-23(21-44(27)33(46)30(36(2,3)4)41-35(48)51-17-9-8-16-38)52-32-29(28-13-10-18-53-28)39-25-11-6-7-12-26(25)40-32/h5-7,10-13,18,22-24,27,30H,1,8-9,14-17,19-21H2,2-4H3,(H,41,48)(H,42,45)(H,43,47)/t22-,23-,27+,30-,37?/m1/s1. The van der Waals surface area contributed by atoms with Crippen molar-refractivity contribution in [3.63, 3.8) is 0 Å². The van der Waals surface area contributed by atoms with Gasteiger partial charge in [0, 0.05) is 12.3 Å². The highest BCUT2D eigenvalue weighted by Crippen LogP contribution is 2.45. The van der Waals surface area contributed by atoms with Gasteiger partial charge in [-0.25, -0.2) is 23.2 Å². The molecule has 3 fully saturated rings. The molecule has 1 saturated heterocycles. The van der Waals surface area contributed by atoms with Gasteiger partial charge in [-0.15, -0.1) is 17.9 Å². The Labute approximate surface area is 317 Å². The summed E-state index contributed by atoms with van der Waals surface area (Å²) in [5, 5.41) is 6.64. The van der Waals surface area contributed by atoms with Crippen molar-refractivity contribution in [3.05, 3.63) is 54.4 Å². The van der Waals surface area contributed by atoms with Crippen LogP contribution in [0.3, 0.4) is 0 Å². The second-order valence-electron chi connectivity index (χ2n) is 15.0. The van der Waals surface area contributed by atoms with Crippen LogP contribution in [0.5, 0.6) is 5.88 Å². The number of thiophene rings is 1. The maximum absolute atomic E-state index is 14.5. The number of hydrogen-bond acceptors (Lipinski definition) is 11. The Kier molecular flexibility index (Phi) is 11.3. The van der Waals surface area contributed by atoms with E-state index in [-0.39, 0.29) is 38.3 Å². The molecule has 1 aromatic carbocycles. The Hall–Kier alpha value is -4.64. The number of rotatable bonds is 15. The van der Waals surface area contributed by atoms with Crippen LogP contribution in [0.15, 0.2) is 54.4 Å². The molecule has 3 N–H and O–H groups in total. The largest absolute Gasteiger partial charge is 0.471 e. The first kappa shape index (κ1) is 39.1. The number of ether oxygens (including phenoxy) is 2. The molecule has 0 spiro atoms. The van der Waals surface area contributed by atoms with E-state index in [1.54, 1.807) is 26.8 Å². The summed E-state index contributed by atoms with van der Waals surface area (Å²) in [5.74, 6) is -2.53. The molecule has 14 nitrogen and oxygen atoms in total. The number of aromatic nitrogens is 2. The third-order valence-corrected chi connectivity index (χ3v) is 12.5. The van der Waals surface area contributed by atoms with Crippen LogP contribution < -0.4 is 20.1 Å². The van der Waals surface area contributed by atoms with E-state index in [0.717, 1.165) is 4.88 Å². The summed E-state index contributed by atoms with van der Waals surface area (Å²) in [6, 6.07) is 8.68. The molecule has 2 aromatic heterocycles. The van der Waals surface area contributed by atoms with Crippen molar-refractivity contribution in [1.29, 1.82) is 0 Å². The zero-order valence-electron chi connectivity index (χ0n) is 30.4. The highest BCUT2D eigenvalue weighted by Gasteiger charge is 2.62. The van der Waals surface area contributed by atoms with Crippen LogP contribution in [0.1, 0.15) is 59.3 Å². The SMILES string of the molecule is C=C[C@@H]1CC1(NC(=O)[C@@H]1C[C@@H](Oc2nc3ccccc3nc2-c2cccs2)CN1C(=O)[C@@H](NC(=O)OCCCCF)C(C)(C)C)C(=O)NS(=O)(=O)C1CC1. The second-order valence-corrected chi connectivity index (χ2v) is 17.9. The lowest BCUT2D eigenvalue weighted by Crippen LogP contribution is -2.60. The Morgan fingerprint density at radius 1 is 1.11 bits per heavy atom. The van der Waals surface area contributed by atoms with Gasteiger partial charge in [0.15, 0.2) is 0 Å². The number of amides is 4. The molecule has 0 bridgehead atoms. The van der Waals surface area contributed by atoms with E-state index in [2.05, 4.69) is 21.9 Å². The minimum atomic E-state index is -3.92. The molecule has 3 aromatic rings. The predicted molar refractivity (Wildman–Crippen MR) is 200 cm³/mol. The Balaban J connectivity index is 1.30. The minimum Gasteiger partial charge on any atom is -0.471 e. The van der Waals surface area contributed by atoms with Crippen LogP contribution in [0.25, 0.3) is 21.6 Å². The number of likely N-dealkylation sites (tertiary alicyclic amines) is 1. The quantitative estimate of drug-likeness (QED) is 0.149. The Bertz CT molecular complexity index is 2020. The molecule has 290 valence electrons. The zero-order valence-corrected chi connectivity index (χ0v) is 32.0. The van der Waals surface area contributed by atoms with Crippen molar-refractivity contribution >= 4 is 56.2 Å². The van der Waals surface area contributed by atoms with Gasteiger partial charge in [0.05, 0.1) is 41.0 Å². The fourth-order valence-corrected chi connectivity index (χ4v) is 8.60. The van der Waals surface area contributed by atoms with E-state index in [1.165, 1.54) is 22.3 Å². The van der Waals surface area contributed by atoms with Crippen molar-refractivity contribution in [2.75, 3.05) is 19.8 Å². The lowest BCUT2D eigenvalue weighted by Gasteiger charge is -2.35. The lowest BCUT2D eigenvalue weighted by atomic mass is 9.85. The molecule has 2 aliphatic carbocycles. The number of alkyl carbamates (subject to hydrolysis) is 1. The van der Waals surface area contributed by atoms with E-state index in [0.29, 0.717) is 36.0 Å². The molecule has 3 heterocycles. The molecule has 2 saturated carbocycles. The Morgan fingerprint density at radius 2 is 1.83 bits per heavy atom. The summed E-state index contributed by atoms with van der Waals surface area (Å²) >= 11 is 1.45. The summed E-state index contributed by atoms with van der Waals surface area (Å²) in [6.45, 7) is 8.30. The summed E-state index contributed by atoms with van der Waals surface area (Å²) < 4.78 is 51.9. The smallest absolute Gasteiger partial charge is 0.407 e. The highest BCUT2D eigenvalue weighted by molar-refractivity contribution is 7.91. The van der Waals surface area contributed by atoms with E-state index < -0.39 is 80.8 Å². The first-order valence-electron chi connectivity index (χ1n) is 17.9. The first-order valence-corrected chi connectivity index (χ1v) is 20.4. The van der Waals surface area contributed by atoms with Crippen LogP contribution in [-0.4, -0.2) is 95.9 Å². The van der Waals surface area contributed by atoms with Gasteiger partial charge < -0.3 is 25.0 Å². The highest BCUT2D eigenvalue weighted by atomic mass is 32.2. The normalized spacial score (nSPS) is 23.0. The number of sulfonamides is 1. The van der Waals surface area contributed by atoms with Crippen molar-refractivity contribution in [2.45, 2.75) is 88.3 Å². The summed E-state index contributed by atoms with van der Waals surface area (Å²) in [6.07, 6.45) is 1.31. The summed E-state index contributed by atoms with van der Waals surface area (Å²) in [4.78, 5) is 66.9. The van der Waals surface area contributed by atoms with E-state index in [9.17, 15) is 32.0 Å². The van der Waals surface area contributed by atoms with Crippen molar-refractivity contribution in [2.24, 2.45) is 11.3 Å². The molecule has 1 unspecified atom stereocenters. The number of fused-ring (bicyclic) bond motifs is 1. The number of para-hydroxylation sites is 2. The van der Waals surface area contributed by atoms with Gasteiger partial charge in [-0.3, -0.25) is 23.5 Å². The van der Waals surface area contributed by atoms with Gasteiger partial charge in [0.1, 0.15) is 29.4 Å². The monoisotopic (exact) mass is 784 g/mol. The number of carbonyl (C=O) groups is 4. The van der Waals surface area contributed by atoms with Gasteiger partial charge in [-0.1, -0.05) is 45.0 Å². The molecule has 4 amide bonds. The number of benzene rings is 1. The molecular formula is C37H45FN6O8S2. The maximum atomic E-state index is 14.5. The molecular weight excluding hydrogens is 740 g/mol. The van der Waals surface area contributed by atoms with Gasteiger partial charge in [-0.2, -0.15) is 0 Å². The van der Waals surface area contributed by atoms with Gasteiger partial charge in [0.2, 0.25) is 27.7 Å². The number of alkyl halides is 1. The second kappa shape index (κ2) is 15.6. The molecule has 17 heteroatoms. The zero-order chi connectivity index (χ0) is 38.8. The van der Waals surface area contributed by atoms with E-state index >= 15 is 0 Å². The first-order chi connectivity index (χ1) is 25.7. The number of carbonyl (C=O) groups excluding carboxylic acids is 4. The predicted octanol–water partition coefficient (Wildman–Crippen LogP) is 4.27. The van der Waals surface area contributed by atoms with E-state index in [1.807, 2.05) is 35.7 Å². The van der Waals surface area contributed by atoms with Crippen LogP contribution in [0.2, 0.25) is 0 Å². The average Bonchev–Trinajstić information content (AvgIpc) is 4.00. The summed E-state index contributed by atoms with van der Waals surface area (Å²) in [5.41, 5.74) is -0.742. The van der Waals surface area contributed by atoms with Crippen molar-refractivity contribution in [1.82, 2.24) is 30.2 Å². The molecule has 1 aliphatic heterocycles. The average molecular weight is 785 g/mol. The molecule has 3 aliphatic rings. The number of halogens is 1. The topological polar surface area (TPSA) is 186 Å². The maximum Gasteiger partial charge on any atom is 0.407 e. The van der Waals surface area contributed by atoms with Gasteiger partial charge >= 0.3 is 6.09 Å². The van der Waals surface area contributed by atoms with Crippen LogP contribution in [0.4, 0.5) is 9.18 Å². The fourth-order valence-electron chi connectivity index (χ4n) is 6.53. The number of hydrogen-bond donors (Lipinski definition) is 3. The molecule has 54 heavy (non-hydrogen) atoms. The Morgan fingerprint density at radius 3 is 2.44 bits per heavy atom. The third kappa shape index (κ3) is 8.51. The third-order valence-electron chi connectivity index (χ3n) is 9.81. The number of unbranched alkanes of at least 4 members (excludes halogenated alkanes) is 1. The van der Waals surface area contributed by atoms with Crippen LogP contribution >= 0.6 is 11.3 Å².